The van der Waals surface area contributed by atoms with Crippen LogP contribution in [0.5, 0.6) is 5.75 Å². The fourth-order valence-electron chi connectivity index (χ4n) is 6.66. The molecule has 8 heteroatoms. The van der Waals surface area contributed by atoms with Gasteiger partial charge in [0.05, 0.1) is 31.7 Å². The van der Waals surface area contributed by atoms with E-state index in [2.05, 4.69) is 17.0 Å². The second-order valence-corrected chi connectivity index (χ2v) is 13.3. The van der Waals surface area contributed by atoms with Crippen molar-refractivity contribution in [2.75, 3.05) is 31.7 Å². The third kappa shape index (κ3) is 6.25. The van der Waals surface area contributed by atoms with E-state index >= 15 is 0 Å². The van der Waals surface area contributed by atoms with E-state index in [4.69, 9.17) is 25.8 Å². The highest BCUT2D eigenvalue weighted by atomic mass is 35.5. The molecule has 7 nitrogen and oxygen atoms in total. The summed E-state index contributed by atoms with van der Waals surface area (Å²) in [7, 11) is 1.33. The molecule has 4 atom stereocenters. The molecule has 5 rings (SSSR count). The average Bonchev–Trinajstić information content (AvgIpc) is 3.05. The Balaban J connectivity index is 1.53. The third-order valence-corrected chi connectivity index (χ3v) is 9.08. The summed E-state index contributed by atoms with van der Waals surface area (Å²) in [5.41, 5.74) is 3.16. The number of methoxy groups -OCH3 is 1. The number of benzene rings is 2. The van der Waals surface area contributed by atoms with E-state index in [1.807, 2.05) is 24.3 Å². The molecule has 220 valence electrons. The molecule has 0 radical (unpaired) electrons. The van der Waals surface area contributed by atoms with Crippen molar-refractivity contribution in [3.05, 3.63) is 58.1 Å². The van der Waals surface area contributed by atoms with Crippen molar-refractivity contribution in [2.45, 2.75) is 76.2 Å². The summed E-state index contributed by atoms with van der Waals surface area (Å²) in [5.74, 6) is -0.736. The number of carbonyl (C=O) groups is 3. The molecule has 0 unspecified atom stereocenters. The Kier molecular flexibility index (Phi) is 8.38. The summed E-state index contributed by atoms with van der Waals surface area (Å²) < 4.78 is 17.2. The van der Waals surface area contributed by atoms with Crippen LogP contribution in [0, 0.1) is 11.8 Å². The van der Waals surface area contributed by atoms with Gasteiger partial charge in [-0.25, -0.2) is 0 Å². The van der Waals surface area contributed by atoms with Crippen LogP contribution >= 0.6 is 11.6 Å². The van der Waals surface area contributed by atoms with E-state index in [0.717, 1.165) is 61.4 Å². The lowest BCUT2D eigenvalue weighted by molar-refractivity contribution is -0.158. The van der Waals surface area contributed by atoms with E-state index in [1.54, 1.807) is 20.8 Å². The van der Waals surface area contributed by atoms with Gasteiger partial charge in [-0.1, -0.05) is 23.7 Å². The molecule has 2 aromatic carbocycles. The molecule has 0 saturated heterocycles. The number of fused-ring (bicyclic) bond motifs is 3. The Morgan fingerprint density at radius 1 is 1.20 bits per heavy atom. The minimum atomic E-state index is -0.816. The largest absolute Gasteiger partial charge is 0.490 e. The van der Waals surface area contributed by atoms with Crippen molar-refractivity contribution in [3.8, 4) is 5.75 Å². The van der Waals surface area contributed by atoms with Crippen molar-refractivity contribution in [1.82, 2.24) is 0 Å². The van der Waals surface area contributed by atoms with Crippen molar-refractivity contribution in [1.29, 1.82) is 0 Å². The van der Waals surface area contributed by atoms with Crippen LogP contribution in [0.25, 0.3) is 0 Å². The maximum absolute atomic E-state index is 12.9. The Hall–Kier alpha value is -3.06. The second-order valence-electron chi connectivity index (χ2n) is 12.8. The number of nitrogens with zero attached hydrogens (tertiary/aromatic N) is 1. The van der Waals surface area contributed by atoms with Crippen molar-refractivity contribution in [3.63, 3.8) is 0 Å². The molecule has 0 aromatic heterocycles. The van der Waals surface area contributed by atoms with Gasteiger partial charge >= 0.3 is 11.9 Å². The van der Waals surface area contributed by atoms with Gasteiger partial charge in [0.25, 0.3) is 0 Å². The molecule has 3 aliphatic rings. The van der Waals surface area contributed by atoms with Gasteiger partial charge < -0.3 is 23.9 Å². The van der Waals surface area contributed by atoms with Gasteiger partial charge in [0, 0.05) is 29.4 Å². The zero-order valence-corrected chi connectivity index (χ0v) is 25.2. The molecular formula is C33H40ClNO6. The predicted octanol–water partition coefficient (Wildman–Crippen LogP) is 6.03. The van der Waals surface area contributed by atoms with Gasteiger partial charge in [-0.05, 0) is 99.7 Å². The zero-order valence-electron chi connectivity index (χ0n) is 24.4. The molecular weight excluding hydrogens is 542 g/mol. The molecule has 0 bridgehead atoms. The van der Waals surface area contributed by atoms with Crippen LogP contribution in [0.1, 0.15) is 75.5 Å². The Morgan fingerprint density at radius 3 is 2.68 bits per heavy atom. The van der Waals surface area contributed by atoms with Gasteiger partial charge in [0.2, 0.25) is 0 Å². The first kappa shape index (κ1) is 29.4. The fourth-order valence-corrected chi connectivity index (χ4v) is 6.86. The molecule has 2 aromatic rings. The summed E-state index contributed by atoms with van der Waals surface area (Å²) in [6, 6.07) is 11.9. The lowest BCUT2D eigenvalue weighted by Gasteiger charge is -2.43. The van der Waals surface area contributed by atoms with E-state index in [-0.39, 0.29) is 23.7 Å². The SMILES string of the molecule is COC(=O)[C@H](CC(=O)OC(C)(C)C)c1ccc2c(c1)N(C[C@@H]1CC[C@H]1C=O)C[C@@]1(CCCc3cc(Cl)ccc31)CO2. The second kappa shape index (κ2) is 11.7. The number of halogens is 1. The number of carbonyl (C=O) groups excluding carboxylic acids is 3. The number of rotatable bonds is 7. The van der Waals surface area contributed by atoms with Gasteiger partial charge in [-0.2, -0.15) is 0 Å². The summed E-state index contributed by atoms with van der Waals surface area (Å²) in [6.45, 7) is 7.35. The number of ether oxygens (including phenoxy) is 3. The van der Waals surface area contributed by atoms with Crippen LogP contribution in [-0.2, 0) is 35.7 Å². The Labute approximate surface area is 247 Å². The van der Waals surface area contributed by atoms with E-state index in [0.29, 0.717) is 18.7 Å². The first-order valence-corrected chi connectivity index (χ1v) is 15.0. The average molecular weight is 582 g/mol. The van der Waals surface area contributed by atoms with Crippen LogP contribution < -0.4 is 9.64 Å². The minimum absolute atomic E-state index is 0.0502. The Bertz CT molecular complexity index is 1320. The van der Waals surface area contributed by atoms with E-state index in [9.17, 15) is 14.4 Å². The standard InChI is InChI=1S/C33H40ClNO6/c1-32(2,3)41-30(37)16-26(31(38)39-4)21-9-12-29-28(15-21)35(17-23-7-8-24(23)18-36)19-33(20-40-29)13-5-6-22-14-25(34)10-11-27(22)33/h9-12,14-15,18,23-24,26H,5-8,13,16-17,19-20H2,1-4H3/t23-,24-,26+,33-/m0/s1. The highest BCUT2D eigenvalue weighted by Crippen LogP contribution is 2.46. The summed E-state index contributed by atoms with van der Waals surface area (Å²) >= 11 is 6.38. The molecule has 41 heavy (non-hydrogen) atoms. The summed E-state index contributed by atoms with van der Waals surface area (Å²) in [4.78, 5) is 39.8. The number of aryl methyl sites for hydroxylation is 1. The van der Waals surface area contributed by atoms with Gasteiger partial charge in [-0.3, -0.25) is 9.59 Å². The number of hydrogen-bond donors (Lipinski definition) is 0. The normalized spacial score (nSPS) is 24.2. The van der Waals surface area contributed by atoms with E-state index < -0.39 is 23.5 Å². The lowest BCUT2D eigenvalue weighted by atomic mass is 9.69. The fraction of sp³-hybridized carbons (Fsp3) is 0.545. The number of aldehydes is 1. The van der Waals surface area contributed by atoms with E-state index in [1.165, 1.54) is 18.2 Å². The van der Waals surface area contributed by atoms with Crippen molar-refractivity contribution >= 4 is 35.5 Å². The quantitative estimate of drug-likeness (QED) is 0.292. The number of hydrogen-bond acceptors (Lipinski definition) is 7. The zero-order chi connectivity index (χ0) is 29.4. The van der Waals surface area contributed by atoms with Crippen molar-refractivity contribution < 1.29 is 28.6 Å². The molecule has 0 N–H and O–H groups in total. The topological polar surface area (TPSA) is 82.1 Å². The van der Waals surface area contributed by atoms with Gasteiger partial charge in [-0.15, -0.1) is 0 Å². The molecule has 1 aliphatic heterocycles. The summed E-state index contributed by atoms with van der Waals surface area (Å²) in [5, 5.41) is 0.738. The van der Waals surface area contributed by atoms with Crippen molar-refractivity contribution in [2.24, 2.45) is 11.8 Å². The molecule has 1 spiro atoms. The summed E-state index contributed by atoms with van der Waals surface area (Å²) in [6.07, 6.45) is 5.86. The monoisotopic (exact) mass is 581 g/mol. The number of esters is 2. The predicted molar refractivity (Wildman–Crippen MR) is 158 cm³/mol. The van der Waals surface area contributed by atoms with Crippen LogP contribution in [0.15, 0.2) is 36.4 Å². The molecule has 1 fully saturated rings. The molecule has 1 saturated carbocycles. The van der Waals surface area contributed by atoms with Crippen LogP contribution in [0.3, 0.4) is 0 Å². The highest BCUT2D eigenvalue weighted by molar-refractivity contribution is 6.30. The van der Waals surface area contributed by atoms with Crippen LogP contribution in [0.2, 0.25) is 5.02 Å². The van der Waals surface area contributed by atoms with Crippen LogP contribution in [-0.4, -0.2) is 50.6 Å². The van der Waals surface area contributed by atoms with Gasteiger partial charge in [0.1, 0.15) is 17.6 Å². The molecule has 1 heterocycles. The first-order chi connectivity index (χ1) is 19.5. The first-order valence-electron chi connectivity index (χ1n) is 14.6. The van der Waals surface area contributed by atoms with Gasteiger partial charge in [0.15, 0.2) is 0 Å². The number of anilines is 1. The maximum Gasteiger partial charge on any atom is 0.313 e. The smallest absolute Gasteiger partial charge is 0.313 e. The van der Waals surface area contributed by atoms with Crippen LogP contribution in [0.4, 0.5) is 5.69 Å². The Morgan fingerprint density at radius 2 is 2.00 bits per heavy atom. The lowest BCUT2D eigenvalue weighted by Crippen LogP contribution is -2.48. The third-order valence-electron chi connectivity index (χ3n) is 8.85. The highest BCUT2D eigenvalue weighted by Gasteiger charge is 2.43. The maximum atomic E-state index is 12.9. The molecule has 2 aliphatic carbocycles. The minimum Gasteiger partial charge on any atom is -0.490 e. The molecule has 0 amide bonds.